The van der Waals surface area contributed by atoms with Gasteiger partial charge in [0.25, 0.3) is 0 Å². The quantitative estimate of drug-likeness (QED) is 0.552. The molecule has 1 aromatic carbocycles. The Morgan fingerprint density at radius 3 is 2.63 bits per heavy atom. The Morgan fingerprint density at radius 2 is 1.96 bits per heavy atom. The van der Waals surface area contributed by atoms with E-state index in [4.69, 9.17) is 4.74 Å². The number of aryl methyl sites for hydroxylation is 1. The molecule has 0 saturated heterocycles. The lowest BCUT2D eigenvalue weighted by Gasteiger charge is -2.07. The number of hydrogen-bond acceptors (Lipinski definition) is 4. The first-order valence-electron chi connectivity index (χ1n) is 9.40. The van der Waals surface area contributed by atoms with Gasteiger partial charge in [-0.3, -0.25) is 4.79 Å². The Hall–Kier alpha value is -2.40. The number of rotatable bonds is 6. The molecule has 27 heavy (non-hydrogen) atoms. The van der Waals surface area contributed by atoms with Crippen LogP contribution in [-0.4, -0.2) is 18.5 Å². The molecule has 1 aliphatic carbocycles. The van der Waals surface area contributed by atoms with E-state index >= 15 is 0 Å². The molecular formula is C22H25NO3S. The maximum Gasteiger partial charge on any atom is 0.341 e. The van der Waals surface area contributed by atoms with E-state index in [2.05, 4.69) is 31.3 Å². The zero-order chi connectivity index (χ0) is 19.4. The van der Waals surface area contributed by atoms with Crippen LogP contribution in [-0.2, 0) is 22.4 Å². The first-order chi connectivity index (χ1) is 13.0. The normalized spacial score (nSPS) is 13.2. The molecule has 1 aliphatic rings. The molecule has 0 atom stereocenters. The highest BCUT2D eigenvalue weighted by Crippen LogP contribution is 2.39. The number of thiophene rings is 1. The summed E-state index contributed by atoms with van der Waals surface area (Å²) in [6.45, 7) is 6.41. The Labute approximate surface area is 164 Å². The fraction of sp³-hybridized carbons (Fsp3) is 0.364. The Kier molecular flexibility index (Phi) is 6.11. The average Bonchev–Trinajstić information content (AvgIpc) is 3.21. The average molecular weight is 384 g/mol. The number of carbonyl (C=O) groups is 2. The first-order valence-corrected chi connectivity index (χ1v) is 10.2. The van der Waals surface area contributed by atoms with Crippen LogP contribution in [0.5, 0.6) is 0 Å². The van der Waals surface area contributed by atoms with E-state index < -0.39 is 0 Å². The smallest absolute Gasteiger partial charge is 0.341 e. The lowest BCUT2D eigenvalue weighted by molar-refractivity contribution is -0.111. The van der Waals surface area contributed by atoms with Gasteiger partial charge in [-0.15, -0.1) is 11.3 Å². The highest BCUT2D eigenvalue weighted by Gasteiger charge is 2.27. The fourth-order valence-corrected chi connectivity index (χ4v) is 4.51. The van der Waals surface area contributed by atoms with Crippen LogP contribution in [0, 0.1) is 0 Å². The van der Waals surface area contributed by atoms with Gasteiger partial charge in [-0.1, -0.05) is 38.1 Å². The van der Waals surface area contributed by atoms with E-state index in [0.717, 1.165) is 30.4 Å². The largest absolute Gasteiger partial charge is 0.462 e. The van der Waals surface area contributed by atoms with Gasteiger partial charge in [0, 0.05) is 11.0 Å². The van der Waals surface area contributed by atoms with Crippen molar-refractivity contribution in [1.82, 2.24) is 0 Å². The van der Waals surface area contributed by atoms with Gasteiger partial charge in [0.1, 0.15) is 5.00 Å². The van der Waals surface area contributed by atoms with Crippen LogP contribution in [0.3, 0.4) is 0 Å². The second-order valence-corrected chi connectivity index (χ2v) is 8.03. The predicted molar refractivity (Wildman–Crippen MR) is 110 cm³/mol. The molecule has 2 aromatic rings. The van der Waals surface area contributed by atoms with Crippen molar-refractivity contribution >= 4 is 34.3 Å². The zero-order valence-corrected chi connectivity index (χ0v) is 16.8. The van der Waals surface area contributed by atoms with Gasteiger partial charge in [0.2, 0.25) is 5.91 Å². The van der Waals surface area contributed by atoms with Crippen molar-refractivity contribution in [3.05, 3.63) is 57.5 Å². The lowest BCUT2D eigenvalue weighted by atomic mass is 10.0. The zero-order valence-electron chi connectivity index (χ0n) is 16.0. The predicted octanol–water partition coefficient (Wildman–Crippen LogP) is 5.19. The fourth-order valence-electron chi connectivity index (χ4n) is 3.23. The molecule has 0 unspecified atom stereocenters. The molecular weight excluding hydrogens is 358 g/mol. The SMILES string of the molecule is CCOC(=O)c1c(NC(=O)/C=C/c2ccc(C(C)C)cc2)sc2c1CCC2. The van der Waals surface area contributed by atoms with Crippen LogP contribution in [0.4, 0.5) is 5.00 Å². The molecule has 3 rings (SSSR count). The summed E-state index contributed by atoms with van der Waals surface area (Å²) >= 11 is 1.49. The number of ether oxygens (including phenoxy) is 1. The molecule has 5 heteroatoms. The molecule has 0 saturated carbocycles. The van der Waals surface area contributed by atoms with E-state index in [1.54, 1.807) is 13.0 Å². The topological polar surface area (TPSA) is 55.4 Å². The Balaban J connectivity index is 1.73. The minimum Gasteiger partial charge on any atom is -0.462 e. The molecule has 0 spiro atoms. The van der Waals surface area contributed by atoms with E-state index in [0.29, 0.717) is 23.1 Å². The number of hydrogen-bond donors (Lipinski definition) is 1. The molecule has 0 aliphatic heterocycles. The summed E-state index contributed by atoms with van der Waals surface area (Å²) in [4.78, 5) is 25.9. The number of benzene rings is 1. The number of nitrogens with one attached hydrogen (secondary N) is 1. The summed E-state index contributed by atoms with van der Waals surface area (Å²) in [5.41, 5.74) is 3.82. The number of esters is 1. The first kappa shape index (κ1) is 19.4. The van der Waals surface area contributed by atoms with Gasteiger partial charge in [0.15, 0.2) is 0 Å². The molecule has 1 heterocycles. The molecule has 1 amide bonds. The third-order valence-electron chi connectivity index (χ3n) is 4.67. The van der Waals surface area contributed by atoms with Crippen molar-refractivity contribution in [1.29, 1.82) is 0 Å². The van der Waals surface area contributed by atoms with Gasteiger partial charge in [-0.2, -0.15) is 0 Å². The highest BCUT2D eigenvalue weighted by atomic mass is 32.1. The third kappa shape index (κ3) is 4.48. The molecule has 0 radical (unpaired) electrons. The summed E-state index contributed by atoms with van der Waals surface area (Å²) in [5, 5.41) is 3.47. The summed E-state index contributed by atoms with van der Waals surface area (Å²) in [6, 6.07) is 8.15. The van der Waals surface area contributed by atoms with Crippen LogP contribution in [0.15, 0.2) is 30.3 Å². The Morgan fingerprint density at radius 1 is 1.22 bits per heavy atom. The van der Waals surface area contributed by atoms with Crippen LogP contribution in [0.2, 0.25) is 0 Å². The van der Waals surface area contributed by atoms with E-state index in [1.165, 1.54) is 27.9 Å². The van der Waals surface area contributed by atoms with Gasteiger partial charge >= 0.3 is 5.97 Å². The summed E-state index contributed by atoms with van der Waals surface area (Å²) < 4.78 is 5.19. The van der Waals surface area contributed by atoms with E-state index in [1.807, 2.05) is 12.1 Å². The maximum absolute atomic E-state index is 12.4. The van der Waals surface area contributed by atoms with Gasteiger partial charge in [-0.25, -0.2) is 4.79 Å². The van der Waals surface area contributed by atoms with Crippen LogP contribution >= 0.6 is 11.3 Å². The summed E-state index contributed by atoms with van der Waals surface area (Å²) in [6.07, 6.45) is 6.16. The summed E-state index contributed by atoms with van der Waals surface area (Å²) in [7, 11) is 0. The van der Waals surface area contributed by atoms with Gasteiger partial charge in [-0.05, 0) is 54.9 Å². The van der Waals surface area contributed by atoms with Crippen molar-refractivity contribution in [2.24, 2.45) is 0 Å². The summed E-state index contributed by atoms with van der Waals surface area (Å²) in [5.74, 6) is -0.109. The third-order valence-corrected chi connectivity index (χ3v) is 5.88. The van der Waals surface area contributed by atoms with Gasteiger partial charge < -0.3 is 10.1 Å². The Bertz CT molecular complexity index is 862. The molecule has 1 N–H and O–H groups in total. The number of anilines is 1. The molecule has 0 bridgehead atoms. The van der Waals surface area contributed by atoms with Crippen molar-refractivity contribution in [3.63, 3.8) is 0 Å². The molecule has 1 aromatic heterocycles. The standard InChI is InChI=1S/C22H25NO3S/c1-4-26-22(25)20-17-6-5-7-18(17)27-21(20)23-19(24)13-10-15-8-11-16(12-9-15)14(2)3/h8-14H,4-7H2,1-3H3,(H,23,24)/b13-10+. The number of carbonyl (C=O) groups excluding carboxylic acids is 2. The monoisotopic (exact) mass is 383 g/mol. The van der Waals surface area contributed by atoms with E-state index in [-0.39, 0.29) is 11.9 Å². The maximum atomic E-state index is 12.4. The van der Waals surface area contributed by atoms with Crippen molar-refractivity contribution < 1.29 is 14.3 Å². The minimum absolute atomic E-state index is 0.242. The number of fused-ring (bicyclic) bond motifs is 1. The van der Waals surface area contributed by atoms with Crippen LogP contribution < -0.4 is 5.32 Å². The molecule has 0 fully saturated rings. The molecule has 142 valence electrons. The minimum atomic E-state index is -0.347. The van der Waals surface area contributed by atoms with E-state index in [9.17, 15) is 9.59 Å². The van der Waals surface area contributed by atoms with Crippen LogP contribution in [0.1, 0.15) is 65.0 Å². The lowest BCUT2D eigenvalue weighted by Crippen LogP contribution is -2.13. The number of amides is 1. The molecule has 4 nitrogen and oxygen atoms in total. The van der Waals surface area contributed by atoms with Crippen molar-refractivity contribution in [3.8, 4) is 0 Å². The van der Waals surface area contributed by atoms with Crippen molar-refractivity contribution in [2.75, 3.05) is 11.9 Å². The second-order valence-electron chi connectivity index (χ2n) is 6.93. The second kappa shape index (κ2) is 8.53. The van der Waals surface area contributed by atoms with Crippen molar-refractivity contribution in [2.45, 2.75) is 46.0 Å². The highest BCUT2D eigenvalue weighted by molar-refractivity contribution is 7.17. The van der Waals surface area contributed by atoms with Crippen LogP contribution in [0.25, 0.3) is 6.08 Å². The van der Waals surface area contributed by atoms with Gasteiger partial charge in [0.05, 0.1) is 12.2 Å².